The minimum absolute atomic E-state index is 0.0502. The molecule has 0 saturated carbocycles. The second-order valence-corrected chi connectivity index (χ2v) is 6.73. The number of hydrogen-bond donors (Lipinski definition) is 1. The maximum Gasteiger partial charge on any atom is 0.355 e. The molecule has 0 aliphatic heterocycles. The fourth-order valence-corrected chi connectivity index (χ4v) is 3.43. The van der Waals surface area contributed by atoms with E-state index in [1.807, 2.05) is 43.3 Å². The van der Waals surface area contributed by atoms with Crippen LogP contribution < -0.4 is 9.47 Å². The van der Waals surface area contributed by atoms with Gasteiger partial charge in [0.15, 0.2) is 17.2 Å². The molecule has 0 aliphatic carbocycles. The molecule has 2 aromatic carbocycles. The number of ether oxygens (including phenoxy) is 2. The molecular weight excluding hydrogens is 362 g/mol. The summed E-state index contributed by atoms with van der Waals surface area (Å²) in [6.45, 7) is 3.02. The maximum absolute atomic E-state index is 11.0. The summed E-state index contributed by atoms with van der Waals surface area (Å²) in [6, 6.07) is 15.9. The Morgan fingerprint density at radius 3 is 2.63 bits per heavy atom. The normalized spacial score (nSPS) is 10.6. The summed E-state index contributed by atoms with van der Waals surface area (Å²) >= 11 is 1.29. The van der Waals surface area contributed by atoms with Crippen molar-refractivity contribution in [3.63, 3.8) is 0 Å². The van der Waals surface area contributed by atoms with Crippen molar-refractivity contribution in [3.8, 4) is 22.1 Å². The number of aromatic carboxylic acids is 1. The van der Waals surface area contributed by atoms with Crippen molar-refractivity contribution in [1.82, 2.24) is 4.98 Å². The van der Waals surface area contributed by atoms with Crippen LogP contribution in [0.15, 0.2) is 53.9 Å². The van der Waals surface area contributed by atoms with E-state index in [4.69, 9.17) is 14.6 Å². The molecule has 0 unspecified atom stereocenters. The number of aromatic nitrogens is 1. The molecule has 0 aliphatic rings. The molecule has 1 aromatic heterocycles. The van der Waals surface area contributed by atoms with Gasteiger partial charge in [0.25, 0.3) is 0 Å². The molecule has 0 atom stereocenters. The highest BCUT2D eigenvalue weighted by Crippen LogP contribution is 2.34. The topological polar surface area (TPSA) is 68.7 Å². The van der Waals surface area contributed by atoms with Crippen LogP contribution in [0.3, 0.4) is 0 Å². The number of nitrogens with zero attached hydrogens (tertiary/aromatic N) is 1. The van der Waals surface area contributed by atoms with Gasteiger partial charge in [0.2, 0.25) is 0 Å². The third-order valence-corrected chi connectivity index (χ3v) is 4.82. The molecule has 1 N–H and O–H groups in total. The van der Waals surface area contributed by atoms with Crippen molar-refractivity contribution in [2.75, 3.05) is 13.2 Å². The van der Waals surface area contributed by atoms with Gasteiger partial charge in [0, 0.05) is 10.9 Å². The summed E-state index contributed by atoms with van der Waals surface area (Å²) < 4.78 is 11.6. The van der Waals surface area contributed by atoms with Crippen LogP contribution in [0, 0.1) is 0 Å². The van der Waals surface area contributed by atoms with Gasteiger partial charge in [-0.25, -0.2) is 9.78 Å². The van der Waals surface area contributed by atoms with Crippen LogP contribution in [0.5, 0.6) is 11.5 Å². The maximum atomic E-state index is 11.0. The number of hydrogen-bond acceptors (Lipinski definition) is 5. The summed E-state index contributed by atoms with van der Waals surface area (Å²) in [5.41, 5.74) is 2.15. The Balaban J connectivity index is 1.66. The molecule has 0 bridgehead atoms. The first-order chi connectivity index (χ1) is 13.2. The minimum Gasteiger partial charge on any atom is -0.490 e. The summed E-state index contributed by atoms with van der Waals surface area (Å²) in [5.74, 6) is 0.298. The lowest BCUT2D eigenvalue weighted by molar-refractivity contribution is 0.0691. The van der Waals surface area contributed by atoms with Gasteiger partial charge in [-0.05, 0) is 43.5 Å². The van der Waals surface area contributed by atoms with Crippen LogP contribution in [-0.4, -0.2) is 29.3 Å². The highest BCUT2D eigenvalue weighted by Gasteiger charge is 2.13. The van der Waals surface area contributed by atoms with Crippen LogP contribution in [0.1, 0.15) is 29.4 Å². The van der Waals surface area contributed by atoms with Gasteiger partial charge in [0.05, 0.1) is 13.2 Å². The van der Waals surface area contributed by atoms with E-state index in [-0.39, 0.29) is 5.69 Å². The summed E-state index contributed by atoms with van der Waals surface area (Å²) in [6.07, 6.45) is 1.87. The van der Waals surface area contributed by atoms with E-state index in [2.05, 4.69) is 17.1 Å². The van der Waals surface area contributed by atoms with E-state index in [9.17, 15) is 4.79 Å². The third kappa shape index (κ3) is 5.08. The zero-order chi connectivity index (χ0) is 19.1. The fourth-order valence-electron chi connectivity index (χ4n) is 2.64. The number of carboxylic acids is 1. The molecule has 27 heavy (non-hydrogen) atoms. The first kappa shape index (κ1) is 18.9. The molecule has 140 valence electrons. The fraction of sp³-hybridized carbons (Fsp3) is 0.238. The predicted octanol–water partition coefficient (Wildman–Crippen LogP) is 4.92. The smallest absolute Gasteiger partial charge is 0.355 e. The van der Waals surface area contributed by atoms with E-state index < -0.39 is 5.97 Å². The molecule has 5 nitrogen and oxygen atoms in total. The van der Waals surface area contributed by atoms with Crippen molar-refractivity contribution in [2.24, 2.45) is 0 Å². The zero-order valence-electron chi connectivity index (χ0n) is 15.1. The Labute approximate surface area is 162 Å². The third-order valence-electron chi connectivity index (χ3n) is 3.92. The van der Waals surface area contributed by atoms with Gasteiger partial charge in [-0.1, -0.05) is 30.3 Å². The highest BCUT2D eigenvalue weighted by atomic mass is 32.1. The first-order valence-electron chi connectivity index (χ1n) is 8.80. The van der Waals surface area contributed by atoms with Crippen molar-refractivity contribution >= 4 is 17.3 Å². The largest absolute Gasteiger partial charge is 0.490 e. The van der Waals surface area contributed by atoms with Crippen molar-refractivity contribution in [1.29, 1.82) is 0 Å². The van der Waals surface area contributed by atoms with Crippen molar-refractivity contribution in [3.05, 3.63) is 65.2 Å². The zero-order valence-corrected chi connectivity index (χ0v) is 15.9. The van der Waals surface area contributed by atoms with Crippen molar-refractivity contribution in [2.45, 2.75) is 19.8 Å². The summed E-state index contributed by atoms with van der Waals surface area (Å²) in [5, 5.41) is 11.2. The average Bonchev–Trinajstić information content (AvgIpc) is 3.18. The molecule has 0 amide bonds. The number of carboxylic acid groups (broad SMARTS) is 1. The Kier molecular flexibility index (Phi) is 6.44. The van der Waals surface area contributed by atoms with E-state index in [1.165, 1.54) is 22.3 Å². The van der Waals surface area contributed by atoms with Crippen LogP contribution >= 0.6 is 11.3 Å². The standard InChI is InChI=1S/C21H21NO4S/c1-2-25-19-13-16(20-22-17(14-27-20)21(23)24)10-11-18(19)26-12-6-9-15-7-4-3-5-8-15/h3-5,7-8,10-11,13-14H,2,6,9,12H2,1H3,(H,23,24). The molecule has 0 spiro atoms. The molecular formula is C21H21NO4S. The lowest BCUT2D eigenvalue weighted by Gasteiger charge is -2.13. The van der Waals surface area contributed by atoms with Gasteiger partial charge >= 0.3 is 5.97 Å². The average molecular weight is 383 g/mol. The molecule has 0 radical (unpaired) electrons. The summed E-state index contributed by atoms with van der Waals surface area (Å²) in [4.78, 5) is 15.2. The van der Waals surface area contributed by atoms with Crippen LogP contribution in [-0.2, 0) is 6.42 Å². The highest BCUT2D eigenvalue weighted by molar-refractivity contribution is 7.13. The van der Waals surface area contributed by atoms with E-state index in [1.54, 1.807) is 0 Å². The van der Waals surface area contributed by atoms with E-state index in [0.717, 1.165) is 18.4 Å². The predicted molar refractivity (Wildman–Crippen MR) is 106 cm³/mol. The molecule has 6 heteroatoms. The van der Waals surface area contributed by atoms with Crippen molar-refractivity contribution < 1.29 is 19.4 Å². The molecule has 3 aromatic rings. The van der Waals surface area contributed by atoms with Gasteiger partial charge < -0.3 is 14.6 Å². The monoisotopic (exact) mass is 383 g/mol. The Bertz CT molecular complexity index is 892. The molecule has 0 saturated heterocycles. The number of rotatable bonds is 9. The number of aryl methyl sites for hydroxylation is 1. The molecule has 3 rings (SSSR count). The van der Waals surface area contributed by atoms with Crippen LogP contribution in [0.4, 0.5) is 0 Å². The van der Waals surface area contributed by atoms with E-state index >= 15 is 0 Å². The Hall–Kier alpha value is -2.86. The quantitative estimate of drug-likeness (QED) is 0.531. The second kappa shape index (κ2) is 9.19. The Morgan fingerprint density at radius 1 is 1.11 bits per heavy atom. The van der Waals surface area contributed by atoms with Gasteiger partial charge in [-0.15, -0.1) is 11.3 Å². The molecule has 1 heterocycles. The van der Waals surface area contributed by atoms with Crippen LogP contribution in [0.2, 0.25) is 0 Å². The number of thiazole rings is 1. The second-order valence-electron chi connectivity index (χ2n) is 5.88. The summed E-state index contributed by atoms with van der Waals surface area (Å²) in [7, 11) is 0. The minimum atomic E-state index is -1.03. The van der Waals surface area contributed by atoms with Gasteiger partial charge in [-0.3, -0.25) is 0 Å². The number of carbonyl (C=O) groups is 1. The Morgan fingerprint density at radius 2 is 1.93 bits per heavy atom. The first-order valence-corrected chi connectivity index (χ1v) is 9.68. The SMILES string of the molecule is CCOc1cc(-c2nc(C(=O)O)cs2)ccc1OCCCc1ccccc1. The van der Waals surface area contributed by atoms with Gasteiger partial charge in [0.1, 0.15) is 5.01 Å². The van der Waals surface area contributed by atoms with Gasteiger partial charge in [-0.2, -0.15) is 0 Å². The van der Waals surface area contributed by atoms with E-state index in [0.29, 0.717) is 29.7 Å². The molecule has 0 fully saturated rings. The lowest BCUT2D eigenvalue weighted by Crippen LogP contribution is -2.02. The van der Waals surface area contributed by atoms with Crippen LogP contribution in [0.25, 0.3) is 10.6 Å². The number of benzene rings is 2. The lowest BCUT2D eigenvalue weighted by atomic mass is 10.1.